The third-order valence-electron chi connectivity index (χ3n) is 3.98. The number of nitrogens with one attached hydrogen (secondary N) is 1. The highest BCUT2D eigenvalue weighted by Gasteiger charge is 2.32. The number of hydrogen-bond donors (Lipinski definition) is 1. The van der Waals surface area contributed by atoms with Gasteiger partial charge in [-0.2, -0.15) is 0 Å². The number of amidine groups is 1. The van der Waals surface area contributed by atoms with Gasteiger partial charge in [-0.15, -0.1) is 5.10 Å². The summed E-state index contributed by atoms with van der Waals surface area (Å²) in [7, 11) is 1.66. The van der Waals surface area contributed by atoms with Gasteiger partial charge in [-0.25, -0.2) is 15.2 Å². The minimum Gasteiger partial charge on any atom is -0.460 e. The van der Waals surface area contributed by atoms with Gasteiger partial charge < -0.3 is 4.74 Å². The molecular weight excluding hydrogens is 350 g/mol. The van der Waals surface area contributed by atoms with E-state index in [1.54, 1.807) is 31.1 Å². The van der Waals surface area contributed by atoms with Gasteiger partial charge in [0, 0.05) is 19.2 Å². The van der Waals surface area contributed by atoms with Crippen molar-refractivity contribution in [1.82, 2.24) is 10.4 Å². The summed E-state index contributed by atoms with van der Waals surface area (Å²) in [6.07, 6.45) is -0.462. The molecule has 1 atom stereocenters. The van der Waals surface area contributed by atoms with Crippen molar-refractivity contribution in [3.63, 3.8) is 0 Å². The van der Waals surface area contributed by atoms with Crippen molar-refractivity contribution in [2.45, 2.75) is 13.1 Å². The van der Waals surface area contributed by atoms with Gasteiger partial charge in [0.05, 0.1) is 17.2 Å². The maximum atomic E-state index is 12.2. The predicted molar refractivity (Wildman–Crippen MR) is 99.7 cm³/mol. The molecular formula is C18H19N5O4. The van der Waals surface area contributed by atoms with Gasteiger partial charge in [-0.3, -0.25) is 15.1 Å². The van der Waals surface area contributed by atoms with Gasteiger partial charge in [-0.05, 0) is 36.8 Å². The van der Waals surface area contributed by atoms with E-state index in [9.17, 15) is 14.9 Å². The van der Waals surface area contributed by atoms with Crippen LogP contribution in [0.2, 0.25) is 0 Å². The highest BCUT2D eigenvalue weighted by molar-refractivity contribution is 6.35. The molecule has 9 nitrogen and oxygen atoms in total. The van der Waals surface area contributed by atoms with Crippen molar-refractivity contribution in [3.8, 4) is 0 Å². The summed E-state index contributed by atoms with van der Waals surface area (Å²) in [5, 5.41) is 18.5. The first-order valence-corrected chi connectivity index (χ1v) is 8.35. The molecule has 3 rings (SSSR count). The molecule has 0 saturated carbocycles. The molecule has 0 radical (unpaired) electrons. The molecule has 0 spiro atoms. The first-order chi connectivity index (χ1) is 13.0. The molecule has 0 aliphatic carbocycles. The molecule has 140 valence electrons. The number of nitro groups is 1. The lowest BCUT2D eigenvalue weighted by atomic mass is 10.1. The van der Waals surface area contributed by atoms with Crippen LogP contribution in [-0.2, 0) is 9.53 Å². The summed E-state index contributed by atoms with van der Waals surface area (Å²) in [4.78, 5) is 22.7. The minimum absolute atomic E-state index is 0.00453. The Morgan fingerprint density at radius 3 is 2.48 bits per heavy atom. The molecule has 27 heavy (non-hydrogen) atoms. The molecule has 0 unspecified atom stereocenters. The van der Waals surface area contributed by atoms with E-state index >= 15 is 0 Å². The average Bonchev–Trinajstić information content (AvgIpc) is 2.68. The molecule has 0 bridgehead atoms. The number of likely N-dealkylation sites (N-methyl/N-ethyl adjacent to an activating group) is 1. The maximum Gasteiger partial charge on any atom is 0.377 e. The minimum atomic E-state index is -0.546. The normalized spacial score (nSPS) is 16.7. The number of benzene rings is 2. The molecule has 0 aromatic heterocycles. The Labute approximate surface area is 156 Å². The predicted octanol–water partition coefficient (Wildman–Crippen LogP) is 2.43. The molecule has 0 saturated heterocycles. The van der Waals surface area contributed by atoms with Crippen LogP contribution >= 0.6 is 0 Å². The van der Waals surface area contributed by atoms with E-state index < -0.39 is 17.1 Å². The lowest BCUT2D eigenvalue weighted by molar-refractivity contribution is -0.384. The summed E-state index contributed by atoms with van der Waals surface area (Å²) >= 11 is 0. The summed E-state index contributed by atoms with van der Waals surface area (Å²) < 4.78 is 5.07. The van der Waals surface area contributed by atoms with Crippen LogP contribution in [0.15, 0.2) is 59.7 Å². The molecule has 0 amide bonds. The van der Waals surface area contributed by atoms with E-state index in [4.69, 9.17) is 4.74 Å². The van der Waals surface area contributed by atoms with Gasteiger partial charge in [0.1, 0.15) is 6.17 Å². The smallest absolute Gasteiger partial charge is 0.377 e. The Hall–Kier alpha value is -3.46. The molecule has 0 fully saturated rings. The van der Waals surface area contributed by atoms with E-state index in [2.05, 4.69) is 10.5 Å². The molecule has 1 N–H and O–H groups in total. The first-order valence-electron chi connectivity index (χ1n) is 8.35. The largest absolute Gasteiger partial charge is 0.460 e. The summed E-state index contributed by atoms with van der Waals surface area (Å²) in [5.74, 6) is -0.436. The van der Waals surface area contributed by atoms with Crippen LogP contribution in [0.5, 0.6) is 0 Å². The number of hydrogen-bond acceptors (Lipinski definition) is 8. The quantitative estimate of drug-likeness (QED) is 0.491. The number of non-ortho nitro benzene ring substituents is 1. The fourth-order valence-electron chi connectivity index (χ4n) is 2.68. The van der Waals surface area contributed by atoms with E-state index in [0.717, 1.165) is 11.3 Å². The number of esters is 1. The van der Waals surface area contributed by atoms with Gasteiger partial charge in [-0.1, -0.05) is 18.2 Å². The highest BCUT2D eigenvalue weighted by atomic mass is 16.6. The fourth-order valence-corrected chi connectivity index (χ4v) is 2.68. The molecule has 1 aliphatic heterocycles. The van der Waals surface area contributed by atoms with Crippen LogP contribution in [0.25, 0.3) is 0 Å². The second-order valence-electron chi connectivity index (χ2n) is 5.76. The van der Waals surface area contributed by atoms with Gasteiger partial charge in [0.2, 0.25) is 5.84 Å². The van der Waals surface area contributed by atoms with Crippen LogP contribution < -0.4 is 10.4 Å². The number of anilines is 1. The second kappa shape index (κ2) is 7.83. The molecule has 1 heterocycles. The number of ether oxygens (including phenoxy) is 1. The molecule has 1 aliphatic rings. The van der Waals surface area contributed by atoms with Crippen molar-refractivity contribution in [2.24, 2.45) is 5.10 Å². The Morgan fingerprint density at radius 1 is 1.22 bits per heavy atom. The SMILES string of the molecule is CCOC(=O)C1=NN(c2ccccc2)[C@@H](c2ccc([N+](=O)[O-])cc2)NN1C. The van der Waals surface area contributed by atoms with Crippen LogP contribution in [0, 0.1) is 10.1 Å². The standard InChI is InChI=1S/C18H19N5O4/c1-3-27-18(24)17-20-22(14-7-5-4-6-8-14)16(19-21(17)2)13-9-11-15(12-10-13)23(25)26/h4-12,16,19H,3H2,1-2H3/t16-/m0/s1. The van der Waals surface area contributed by atoms with Crippen LogP contribution in [-0.4, -0.2) is 35.4 Å². The Kier molecular flexibility index (Phi) is 5.32. The van der Waals surface area contributed by atoms with Gasteiger partial charge in [0.15, 0.2) is 0 Å². The third kappa shape index (κ3) is 3.87. The third-order valence-corrected chi connectivity index (χ3v) is 3.98. The highest BCUT2D eigenvalue weighted by Crippen LogP contribution is 2.29. The van der Waals surface area contributed by atoms with E-state index in [0.29, 0.717) is 0 Å². The van der Waals surface area contributed by atoms with E-state index in [-0.39, 0.29) is 18.1 Å². The first kappa shape index (κ1) is 18.3. The van der Waals surface area contributed by atoms with Crippen molar-refractivity contribution in [3.05, 3.63) is 70.3 Å². The maximum absolute atomic E-state index is 12.2. The number of hydrazone groups is 1. The average molecular weight is 369 g/mol. The van der Waals surface area contributed by atoms with Gasteiger partial charge in [0.25, 0.3) is 5.69 Å². The number of para-hydroxylation sites is 1. The van der Waals surface area contributed by atoms with Gasteiger partial charge >= 0.3 is 5.97 Å². The zero-order valence-corrected chi connectivity index (χ0v) is 14.9. The number of nitro benzene ring substituents is 1. The fraction of sp³-hybridized carbons (Fsp3) is 0.222. The monoisotopic (exact) mass is 369 g/mol. The van der Waals surface area contributed by atoms with Crippen molar-refractivity contribution in [1.29, 1.82) is 0 Å². The summed E-state index contributed by atoms with van der Waals surface area (Å²) in [6, 6.07) is 15.5. The zero-order chi connectivity index (χ0) is 19.4. The van der Waals surface area contributed by atoms with Crippen molar-refractivity contribution in [2.75, 3.05) is 18.7 Å². The number of nitrogens with zero attached hydrogens (tertiary/aromatic N) is 4. The van der Waals surface area contributed by atoms with Crippen LogP contribution in [0.4, 0.5) is 11.4 Å². The lowest BCUT2D eigenvalue weighted by Gasteiger charge is -2.39. The van der Waals surface area contributed by atoms with E-state index in [1.165, 1.54) is 17.1 Å². The summed E-state index contributed by atoms with van der Waals surface area (Å²) in [5.41, 5.74) is 4.69. The number of rotatable bonds is 5. The topological polar surface area (TPSA) is 100 Å². The van der Waals surface area contributed by atoms with Crippen LogP contribution in [0.3, 0.4) is 0 Å². The van der Waals surface area contributed by atoms with Crippen molar-refractivity contribution < 1.29 is 14.5 Å². The Morgan fingerprint density at radius 2 is 1.89 bits per heavy atom. The Balaban J connectivity index is 2.01. The molecule has 2 aromatic carbocycles. The van der Waals surface area contributed by atoms with E-state index in [1.807, 2.05) is 30.3 Å². The zero-order valence-electron chi connectivity index (χ0n) is 14.9. The second-order valence-corrected chi connectivity index (χ2v) is 5.76. The lowest BCUT2D eigenvalue weighted by Crippen LogP contribution is -2.55. The van der Waals surface area contributed by atoms with Crippen molar-refractivity contribution >= 4 is 23.2 Å². The van der Waals surface area contributed by atoms with Crippen LogP contribution in [0.1, 0.15) is 18.7 Å². The number of carbonyl (C=O) groups excluding carboxylic acids is 1. The number of hydrazine groups is 1. The number of carbonyl (C=O) groups is 1. The Bertz CT molecular complexity index is 854. The molecule has 9 heteroatoms. The molecule has 2 aromatic rings. The summed E-state index contributed by atoms with van der Waals surface area (Å²) in [6.45, 7) is 1.96.